The van der Waals surface area contributed by atoms with E-state index in [1.54, 1.807) is 13.0 Å². The highest BCUT2D eigenvalue weighted by Gasteiger charge is 2.18. The molecule has 0 fully saturated rings. The Hall–Kier alpha value is -1.22. The van der Waals surface area contributed by atoms with E-state index in [1.165, 1.54) is 12.1 Å². The maximum atomic E-state index is 13.5. The van der Waals surface area contributed by atoms with Crippen LogP contribution in [0.2, 0.25) is 0 Å². The molecule has 0 spiro atoms. The Morgan fingerprint density at radius 1 is 1.47 bits per heavy atom. The second kappa shape index (κ2) is 5.03. The molecule has 0 aliphatic carbocycles. The highest BCUT2D eigenvalue weighted by molar-refractivity contribution is 5.28. The van der Waals surface area contributed by atoms with Crippen LogP contribution in [0, 0.1) is 18.6 Å². The average Bonchev–Trinajstić information content (AvgIpc) is 2.21. The number of hydrogen-bond donors (Lipinski definition) is 1. The Morgan fingerprint density at radius 2 is 2.13 bits per heavy atom. The summed E-state index contributed by atoms with van der Waals surface area (Å²) in [6.07, 6.45) is 1.30. The van der Waals surface area contributed by atoms with Gasteiger partial charge in [-0.1, -0.05) is 12.1 Å². The Morgan fingerprint density at radius 3 is 2.73 bits per heavy atom. The molecule has 3 heteroatoms. The van der Waals surface area contributed by atoms with Crippen molar-refractivity contribution in [3.05, 3.63) is 47.5 Å². The van der Waals surface area contributed by atoms with Gasteiger partial charge in [0.25, 0.3) is 0 Å². The molecule has 0 bridgehead atoms. The Balaban J connectivity index is 3.01. The van der Waals surface area contributed by atoms with Crippen molar-refractivity contribution in [2.45, 2.75) is 25.9 Å². The Labute approximate surface area is 88.1 Å². The number of benzene rings is 1. The molecule has 0 amide bonds. The zero-order valence-corrected chi connectivity index (χ0v) is 8.63. The molecular weight excluding hydrogens is 198 g/mol. The number of allylic oxidation sites excluding steroid dienone is 1. The summed E-state index contributed by atoms with van der Waals surface area (Å²) in [6, 6.07) is 2.53. The lowest BCUT2D eigenvalue weighted by atomic mass is 10.0. The van der Waals surface area contributed by atoms with Gasteiger partial charge in [-0.25, -0.2) is 8.78 Å². The molecule has 0 aliphatic heterocycles. The normalized spacial score (nSPS) is 12.5. The zero-order chi connectivity index (χ0) is 11.4. The van der Waals surface area contributed by atoms with Gasteiger partial charge in [-0.3, -0.25) is 0 Å². The van der Waals surface area contributed by atoms with Crippen LogP contribution in [0.25, 0.3) is 0 Å². The maximum absolute atomic E-state index is 13.5. The molecule has 0 aliphatic rings. The summed E-state index contributed by atoms with van der Waals surface area (Å²) in [5.41, 5.74) is 0.0981. The topological polar surface area (TPSA) is 20.2 Å². The molecule has 1 unspecified atom stereocenters. The average molecular weight is 212 g/mol. The van der Waals surface area contributed by atoms with E-state index < -0.39 is 17.7 Å². The van der Waals surface area contributed by atoms with Gasteiger partial charge in [0.15, 0.2) is 0 Å². The van der Waals surface area contributed by atoms with E-state index in [9.17, 15) is 13.9 Å². The van der Waals surface area contributed by atoms with Gasteiger partial charge in [0, 0.05) is 0 Å². The third-order valence-electron chi connectivity index (χ3n) is 2.30. The van der Waals surface area contributed by atoms with Crippen LogP contribution in [-0.2, 0) is 0 Å². The first kappa shape index (κ1) is 11.9. The SMILES string of the molecule is C=CCCC(O)c1c(F)ccc(C)c1F. The number of rotatable bonds is 4. The molecule has 1 N–H and O–H groups in total. The number of halogens is 2. The van der Waals surface area contributed by atoms with Gasteiger partial charge in [-0.05, 0) is 31.4 Å². The van der Waals surface area contributed by atoms with Crippen molar-refractivity contribution >= 4 is 0 Å². The van der Waals surface area contributed by atoms with Crippen LogP contribution in [-0.4, -0.2) is 5.11 Å². The molecule has 1 rings (SSSR count). The van der Waals surface area contributed by atoms with E-state index in [0.29, 0.717) is 12.0 Å². The van der Waals surface area contributed by atoms with Crippen molar-refractivity contribution < 1.29 is 13.9 Å². The van der Waals surface area contributed by atoms with Crippen molar-refractivity contribution in [1.82, 2.24) is 0 Å². The summed E-state index contributed by atoms with van der Waals surface area (Å²) in [4.78, 5) is 0. The van der Waals surface area contributed by atoms with Crippen LogP contribution in [0.4, 0.5) is 8.78 Å². The summed E-state index contributed by atoms with van der Waals surface area (Å²) >= 11 is 0. The van der Waals surface area contributed by atoms with Crippen molar-refractivity contribution in [3.63, 3.8) is 0 Å². The van der Waals surface area contributed by atoms with Gasteiger partial charge < -0.3 is 5.11 Å². The predicted molar refractivity (Wildman–Crippen MR) is 55.5 cm³/mol. The largest absolute Gasteiger partial charge is 0.388 e. The van der Waals surface area contributed by atoms with Crippen molar-refractivity contribution in [3.8, 4) is 0 Å². The summed E-state index contributed by atoms with van der Waals surface area (Å²) < 4.78 is 26.8. The van der Waals surface area contributed by atoms with E-state index in [1.807, 2.05) is 0 Å². The summed E-state index contributed by atoms with van der Waals surface area (Å²) in [7, 11) is 0. The first-order valence-corrected chi connectivity index (χ1v) is 4.81. The van der Waals surface area contributed by atoms with Gasteiger partial charge in [0.2, 0.25) is 0 Å². The molecule has 0 saturated carbocycles. The number of aliphatic hydroxyl groups is 1. The number of aliphatic hydroxyl groups excluding tert-OH is 1. The molecular formula is C12H14F2O. The minimum Gasteiger partial charge on any atom is -0.388 e. The Bertz CT molecular complexity index is 361. The second-order valence-electron chi connectivity index (χ2n) is 3.47. The smallest absolute Gasteiger partial charge is 0.134 e. The molecule has 1 aromatic rings. The van der Waals surface area contributed by atoms with Crippen LogP contribution in [0.5, 0.6) is 0 Å². The maximum Gasteiger partial charge on any atom is 0.134 e. The van der Waals surface area contributed by atoms with Gasteiger partial charge in [-0.2, -0.15) is 0 Å². The lowest BCUT2D eigenvalue weighted by molar-refractivity contribution is 0.159. The van der Waals surface area contributed by atoms with Crippen LogP contribution in [0.1, 0.15) is 30.1 Å². The fourth-order valence-corrected chi connectivity index (χ4v) is 1.40. The molecule has 1 nitrogen and oxygen atoms in total. The van der Waals surface area contributed by atoms with Crippen molar-refractivity contribution in [2.75, 3.05) is 0 Å². The van der Waals surface area contributed by atoms with Crippen LogP contribution in [0.3, 0.4) is 0 Å². The van der Waals surface area contributed by atoms with Crippen LogP contribution < -0.4 is 0 Å². The highest BCUT2D eigenvalue weighted by atomic mass is 19.1. The lowest BCUT2D eigenvalue weighted by Gasteiger charge is -2.13. The first-order chi connectivity index (χ1) is 7.07. The predicted octanol–water partition coefficient (Wildman–Crippen LogP) is 3.27. The molecule has 0 saturated heterocycles. The molecule has 1 aromatic carbocycles. The monoisotopic (exact) mass is 212 g/mol. The standard InChI is InChI=1S/C12H14F2O/c1-3-4-5-10(15)11-9(13)7-6-8(2)12(11)14/h3,6-7,10,15H,1,4-5H2,2H3. The molecule has 1 atom stereocenters. The first-order valence-electron chi connectivity index (χ1n) is 4.81. The second-order valence-corrected chi connectivity index (χ2v) is 3.47. The third kappa shape index (κ3) is 2.63. The lowest BCUT2D eigenvalue weighted by Crippen LogP contribution is -2.05. The fourth-order valence-electron chi connectivity index (χ4n) is 1.40. The van der Waals surface area contributed by atoms with Gasteiger partial charge in [0.05, 0.1) is 11.7 Å². The molecule has 0 radical (unpaired) electrons. The summed E-state index contributed by atoms with van der Waals surface area (Å²) in [5.74, 6) is -1.36. The molecule has 82 valence electrons. The minimum absolute atomic E-state index is 0.239. The number of hydrogen-bond acceptors (Lipinski definition) is 1. The van der Waals surface area contributed by atoms with Crippen molar-refractivity contribution in [1.29, 1.82) is 0 Å². The van der Waals surface area contributed by atoms with Gasteiger partial charge in [-0.15, -0.1) is 6.58 Å². The van der Waals surface area contributed by atoms with E-state index in [0.717, 1.165) is 0 Å². The van der Waals surface area contributed by atoms with E-state index in [4.69, 9.17) is 0 Å². The molecule has 15 heavy (non-hydrogen) atoms. The molecule has 0 heterocycles. The zero-order valence-electron chi connectivity index (χ0n) is 8.63. The number of aryl methyl sites for hydroxylation is 1. The fraction of sp³-hybridized carbons (Fsp3) is 0.333. The van der Waals surface area contributed by atoms with Crippen molar-refractivity contribution in [2.24, 2.45) is 0 Å². The Kier molecular flexibility index (Phi) is 3.97. The summed E-state index contributed by atoms with van der Waals surface area (Å²) in [6.45, 7) is 5.03. The van der Waals surface area contributed by atoms with E-state index in [2.05, 4.69) is 6.58 Å². The van der Waals surface area contributed by atoms with E-state index >= 15 is 0 Å². The van der Waals surface area contributed by atoms with E-state index in [-0.39, 0.29) is 12.0 Å². The third-order valence-corrected chi connectivity index (χ3v) is 2.30. The summed E-state index contributed by atoms with van der Waals surface area (Å²) in [5, 5.41) is 9.61. The quantitative estimate of drug-likeness (QED) is 0.759. The highest BCUT2D eigenvalue weighted by Crippen LogP contribution is 2.26. The van der Waals surface area contributed by atoms with Gasteiger partial charge >= 0.3 is 0 Å². The molecule has 0 aromatic heterocycles. The van der Waals surface area contributed by atoms with Gasteiger partial charge in [0.1, 0.15) is 11.6 Å². The van der Waals surface area contributed by atoms with Crippen LogP contribution in [0.15, 0.2) is 24.8 Å². The minimum atomic E-state index is -1.11. The van der Waals surface area contributed by atoms with Crippen LogP contribution >= 0.6 is 0 Å².